The molecule has 0 bridgehead atoms. The lowest BCUT2D eigenvalue weighted by molar-refractivity contribution is -0.146. The van der Waals surface area contributed by atoms with Gasteiger partial charge in [-0.25, -0.2) is 0 Å². The van der Waals surface area contributed by atoms with Crippen LogP contribution in [0.4, 0.5) is 19.0 Å². The second kappa shape index (κ2) is 7.13. The van der Waals surface area contributed by atoms with Crippen LogP contribution in [-0.4, -0.2) is 22.2 Å². The van der Waals surface area contributed by atoms with E-state index in [9.17, 15) is 13.2 Å². The van der Waals surface area contributed by atoms with Crippen molar-refractivity contribution < 1.29 is 17.9 Å². The van der Waals surface area contributed by atoms with Crippen LogP contribution in [0.1, 0.15) is 18.4 Å². The van der Waals surface area contributed by atoms with Crippen molar-refractivity contribution >= 4 is 28.3 Å². The molecule has 0 saturated heterocycles. The zero-order valence-corrected chi connectivity index (χ0v) is 15.7. The molecule has 0 amide bonds. The number of halogens is 4. The Morgan fingerprint density at radius 2 is 1.89 bits per heavy atom. The molecule has 1 aliphatic rings. The van der Waals surface area contributed by atoms with E-state index < -0.39 is 18.1 Å². The van der Waals surface area contributed by atoms with E-state index in [2.05, 4.69) is 15.3 Å². The summed E-state index contributed by atoms with van der Waals surface area (Å²) in [6.07, 6.45) is -3.27. The molecular formula is C20H17ClF3N3O. The van der Waals surface area contributed by atoms with Crippen LogP contribution < -0.4 is 10.1 Å². The first kappa shape index (κ1) is 18.8. The van der Waals surface area contributed by atoms with E-state index >= 15 is 0 Å². The highest BCUT2D eigenvalue weighted by Gasteiger charge is 2.49. The predicted octanol–water partition coefficient (Wildman–Crippen LogP) is 6.14. The van der Waals surface area contributed by atoms with Crippen LogP contribution in [0.15, 0.2) is 42.5 Å². The highest BCUT2D eigenvalue weighted by molar-refractivity contribution is 6.31. The zero-order chi connectivity index (χ0) is 19.9. The highest BCUT2D eigenvalue weighted by atomic mass is 35.5. The molecule has 1 aromatic heterocycles. The number of aromatic nitrogens is 2. The van der Waals surface area contributed by atoms with E-state index in [0.717, 1.165) is 5.56 Å². The molecule has 0 unspecified atom stereocenters. The number of nitrogens with one attached hydrogen (secondary N) is 1. The molecule has 8 heteroatoms. The fourth-order valence-corrected chi connectivity index (χ4v) is 3.17. The molecule has 4 nitrogen and oxygen atoms in total. The molecule has 0 spiro atoms. The minimum Gasteiger partial charge on any atom is -0.424 e. The van der Waals surface area contributed by atoms with Gasteiger partial charge in [0.15, 0.2) is 0 Å². The Bertz CT molecular complexity index is 1020. The fraction of sp³-hybridized carbons (Fsp3) is 0.300. The van der Waals surface area contributed by atoms with Gasteiger partial charge in [0.2, 0.25) is 0 Å². The van der Waals surface area contributed by atoms with Crippen molar-refractivity contribution in [3.8, 4) is 11.8 Å². The smallest absolute Gasteiger partial charge is 0.408 e. The first-order chi connectivity index (χ1) is 13.3. The van der Waals surface area contributed by atoms with Crippen molar-refractivity contribution in [2.24, 2.45) is 5.92 Å². The van der Waals surface area contributed by atoms with Gasteiger partial charge >= 0.3 is 12.2 Å². The lowest BCUT2D eigenvalue weighted by Crippen LogP contribution is -2.38. The number of hydrogen-bond donors (Lipinski definition) is 1. The average Bonchev–Trinajstić information content (AvgIpc) is 3.46. The van der Waals surface area contributed by atoms with Gasteiger partial charge in [-0.05, 0) is 55.5 Å². The predicted molar refractivity (Wildman–Crippen MR) is 102 cm³/mol. The number of rotatable bonds is 5. The molecule has 1 fully saturated rings. The normalized spacial score (nSPS) is 15.5. The number of para-hydroxylation sites is 1. The van der Waals surface area contributed by atoms with Crippen molar-refractivity contribution in [3.63, 3.8) is 0 Å². The van der Waals surface area contributed by atoms with Crippen molar-refractivity contribution in [3.05, 3.63) is 53.1 Å². The van der Waals surface area contributed by atoms with Gasteiger partial charge in [-0.3, -0.25) is 0 Å². The van der Waals surface area contributed by atoms with E-state index in [1.165, 1.54) is 0 Å². The van der Waals surface area contributed by atoms with Crippen LogP contribution in [0.2, 0.25) is 5.02 Å². The van der Waals surface area contributed by atoms with E-state index in [-0.39, 0.29) is 11.8 Å². The van der Waals surface area contributed by atoms with Crippen LogP contribution in [0.25, 0.3) is 10.9 Å². The van der Waals surface area contributed by atoms with Gasteiger partial charge in [0.05, 0.1) is 5.52 Å². The summed E-state index contributed by atoms with van der Waals surface area (Å²) in [5.41, 5.74) is 1.37. The number of ether oxygens (including phenoxy) is 1. The molecule has 0 radical (unpaired) electrons. The van der Waals surface area contributed by atoms with Gasteiger partial charge in [0, 0.05) is 10.4 Å². The number of benzene rings is 2. The van der Waals surface area contributed by atoms with Gasteiger partial charge in [-0.1, -0.05) is 29.8 Å². The average molecular weight is 408 g/mol. The van der Waals surface area contributed by atoms with Crippen molar-refractivity contribution in [2.45, 2.75) is 32.0 Å². The quantitative estimate of drug-likeness (QED) is 0.552. The molecule has 1 saturated carbocycles. The number of nitrogens with zero attached hydrogens (tertiary/aromatic N) is 2. The van der Waals surface area contributed by atoms with Crippen LogP contribution in [0.3, 0.4) is 0 Å². The third kappa shape index (κ3) is 3.99. The number of anilines is 1. The summed E-state index contributed by atoms with van der Waals surface area (Å²) in [7, 11) is 0. The second-order valence-electron chi connectivity index (χ2n) is 6.89. The zero-order valence-electron chi connectivity index (χ0n) is 14.9. The Labute approximate surface area is 164 Å². The third-order valence-electron chi connectivity index (χ3n) is 4.67. The molecule has 2 aromatic carbocycles. The third-order valence-corrected chi connectivity index (χ3v) is 5.08. The molecule has 1 N–H and O–H groups in total. The molecule has 4 rings (SSSR count). The van der Waals surface area contributed by atoms with E-state index in [1.807, 2.05) is 6.92 Å². The van der Waals surface area contributed by atoms with Crippen LogP contribution in [-0.2, 0) is 0 Å². The number of fused-ring (bicyclic) bond motifs is 1. The summed E-state index contributed by atoms with van der Waals surface area (Å²) in [6, 6.07) is 10.3. The fourth-order valence-electron chi connectivity index (χ4n) is 3.00. The summed E-state index contributed by atoms with van der Waals surface area (Å²) in [5.74, 6) is 0.0773. The van der Waals surface area contributed by atoms with Gasteiger partial charge in [-0.15, -0.1) is 0 Å². The number of hydrogen-bond acceptors (Lipinski definition) is 4. The summed E-state index contributed by atoms with van der Waals surface area (Å²) >= 11 is 6.11. The van der Waals surface area contributed by atoms with Gasteiger partial charge < -0.3 is 10.1 Å². The van der Waals surface area contributed by atoms with Gasteiger partial charge in [0.1, 0.15) is 17.6 Å². The van der Waals surface area contributed by atoms with Crippen LogP contribution in [0.5, 0.6) is 11.8 Å². The molecule has 146 valence electrons. The minimum atomic E-state index is -4.36. The molecule has 28 heavy (non-hydrogen) atoms. The maximum Gasteiger partial charge on any atom is 0.408 e. The number of alkyl halides is 3. The van der Waals surface area contributed by atoms with Crippen molar-refractivity contribution in [1.29, 1.82) is 0 Å². The topological polar surface area (TPSA) is 47.0 Å². The highest BCUT2D eigenvalue weighted by Crippen LogP contribution is 2.42. The van der Waals surface area contributed by atoms with Gasteiger partial charge in [-0.2, -0.15) is 23.1 Å². The summed E-state index contributed by atoms with van der Waals surface area (Å²) in [6.45, 7) is 1.86. The molecule has 0 aliphatic heterocycles. The Hall–Kier alpha value is -2.54. The lowest BCUT2D eigenvalue weighted by atomic mass is 10.1. The molecule has 1 aliphatic carbocycles. The summed E-state index contributed by atoms with van der Waals surface area (Å²) < 4.78 is 46.1. The molecule has 3 aromatic rings. The Kier molecular flexibility index (Phi) is 4.79. The standard InChI is InChI=1S/C20H17ClF3N3O/c1-11-6-9-13(10-15(11)21)28-19-25-16-5-3-2-4-14(16)18(27-19)26-17(12-7-8-12)20(22,23)24/h2-6,9-10,12,17H,7-8H2,1H3,(H,25,26,27)/t17-/m0/s1. The Morgan fingerprint density at radius 3 is 2.57 bits per heavy atom. The van der Waals surface area contributed by atoms with Crippen molar-refractivity contribution in [1.82, 2.24) is 9.97 Å². The van der Waals surface area contributed by atoms with Crippen LogP contribution >= 0.6 is 11.6 Å². The summed E-state index contributed by atoms with van der Waals surface area (Å²) in [4.78, 5) is 8.54. The maximum atomic E-state index is 13.5. The lowest BCUT2D eigenvalue weighted by Gasteiger charge is -2.22. The Morgan fingerprint density at radius 1 is 1.14 bits per heavy atom. The Balaban J connectivity index is 1.71. The van der Waals surface area contributed by atoms with E-state index in [0.29, 0.717) is 34.5 Å². The summed E-state index contributed by atoms with van der Waals surface area (Å²) in [5, 5.41) is 3.61. The van der Waals surface area contributed by atoms with Crippen LogP contribution in [0, 0.1) is 12.8 Å². The first-order valence-electron chi connectivity index (χ1n) is 8.85. The van der Waals surface area contributed by atoms with Crippen molar-refractivity contribution in [2.75, 3.05) is 5.32 Å². The largest absolute Gasteiger partial charge is 0.424 e. The molecule has 1 atom stereocenters. The van der Waals surface area contributed by atoms with E-state index in [4.69, 9.17) is 16.3 Å². The monoisotopic (exact) mass is 407 g/mol. The SMILES string of the molecule is Cc1ccc(Oc2nc(N[C@@H](C3CC3)C(F)(F)F)c3ccccc3n2)cc1Cl. The first-order valence-corrected chi connectivity index (χ1v) is 9.23. The molecular weight excluding hydrogens is 391 g/mol. The second-order valence-corrected chi connectivity index (χ2v) is 7.29. The minimum absolute atomic E-state index is 0.0437. The maximum absolute atomic E-state index is 13.5. The molecule has 1 heterocycles. The number of aryl methyl sites for hydroxylation is 1. The van der Waals surface area contributed by atoms with Gasteiger partial charge in [0.25, 0.3) is 0 Å². The van der Waals surface area contributed by atoms with E-state index in [1.54, 1.807) is 42.5 Å².